The maximum atomic E-state index is 12.8. The summed E-state index contributed by atoms with van der Waals surface area (Å²) in [6.45, 7) is 8.79. The third kappa shape index (κ3) is 7.62. The van der Waals surface area contributed by atoms with Gasteiger partial charge in [0.15, 0.2) is 0 Å². The molecular weight excluding hydrogens is 468 g/mol. The number of hydrogen-bond acceptors (Lipinski definition) is 6. The summed E-state index contributed by atoms with van der Waals surface area (Å²) in [6.07, 6.45) is 1.09. The molecule has 1 aromatic heterocycles. The predicted molar refractivity (Wildman–Crippen MR) is 146 cm³/mol. The largest absolute Gasteiger partial charge is 0.497 e. The maximum absolute atomic E-state index is 12.8. The van der Waals surface area contributed by atoms with Crippen LogP contribution in [0.3, 0.4) is 0 Å². The highest BCUT2D eigenvalue weighted by atomic mass is 16.5. The highest BCUT2D eigenvalue weighted by Crippen LogP contribution is 2.35. The predicted octanol–water partition coefficient (Wildman–Crippen LogP) is 6.49. The minimum atomic E-state index is -0.304. The number of hydrogen-bond donors (Lipinski definition) is 1. The Labute approximate surface area is 219 Å². The van der Waals surface area contributed by atoms with Crippen LogP contribution in [-0.2, 0) is 9.53 Å². The van der Waals surface area contributed by atoms with Crippen LogP contribution in [0.1, 0.15) is 61.3 Å². The molecule has 1 unspecified atom stereocenters. The molecule has 7 heteroatoms. The first-order valence-corrected chi connectivity index (χ1v) is 12.7. The first-order valence-electron chi connectivity index (χ1n) is 12.7. The van der Waals surface area contributed by atoms with E-state index in [4.69, 9.17) is 13.9 Å². The molecule has 0 saturated carbocycles. The molecule has 1 amide bonds. The highest BCUT2D eigenvalue weighted by Gasteiger charge is 2.21. The number of anilines is 1. The number of methoxy groups -OCH3 is 1. The van der Waals surface area contributed by atoms with Crippen molar-refractivity contribution in [2.24, 2.45) is 5.92 Å². The summed E-state index contributed by atoms with van der Waals surface area (Å²) < 4.78 is 16.5. The molecule has 0 radical (unpaired) electrons. The summed E-state index contributed by atoms with van der Waals surface area (Å²) in [6, 6.07) is 17.4. The molecule has 0 aliphatic heterocycles. The van der Waals surface area contributed by atoms with E-state index < -0.39 is 0 Å². The van der Waals surface area contributed by atoms with E-state index in [-0.39, 0.29) is 24.3 Å². The number of carbonyl (C=O) groups excluding carboxylic acids is 2. The van der Waals surface area contributed by atoms with Crippen LogP contribution in [0.15, 0.2) is 59.0 Å². The Bertz CT molecular complexity index is 1180. The molecule has 7 nitrogen and oxygen atoms in total. The molecule has 0 aliphatic rings. The summed E-state index contributed by atoms with van der Waals surface area (Å²) in [7, 11) is 3.34. The number of ether oxygens (including phenoxy) is 2. The number of benzene rings is 2. The lowest BCUT2D eigenvalue weighted by Crippen LogP contribution is -2.29. The number of carbonyl (C=O) groups is 2. The van der Waals surface area contributed by atoms with Gasteiger partial charge in [-0.15, -0.1) is 0 Å². The lowest BCUT2D eigenvalue weighted by molar-refractivity contribution is -0.143. The van der Waals surface area contributed by atoms with E-state index in [9.17, 15) is 9.59 Å². The first kappa shape index (κ1) is 27.8. The van der Waals surface area contributed by atoms with Crippen LogP contribution in [0.2, 0.25) is 0 Å². The molecule has 0 aliphatic carbocycles. The molecule has 37 heavy (non-hydrogen) atoms. The van der Waals surface area contributed by atoms with Crippen molar-refractivity contribution in [1.82, 2.24) is 4.90 Å². The van der Waals surface area contributed by atoms with E-state index in [1.807, 2.05) is 55.5 Å². The molecule has 3 rings (SSSR count). The molecule has 3 aromatic rings. The lowest BCUT2D eigenvalue weighted by atomic mass is 9.96. The minimum absolute atomic E-state index is 0.0388. The average Bonchev–Trinajstić information content (AvgIpc) is 3.28. The van der Waals surface area contributed by atoms with Gasteiger partial charge >= 0.3 is 5.97 Å². The van der Waals surface area contributed by atoms with E-state index in [1.165, 1.54) is 4.90 Å². The van der Waals surface area contributed by atoms with Gasteiger partial charge in [-0.25, -0.2) is 0 Å². The Hall–Kier alpha value is -3.74. The molecule has 1 N–H and O–H groups in total. The number of nitrogens with zero attached hydrogens (tertiary/aromatic N) is 1. The third-order valence-corrected chi connectivity index (χ3v) is 6.17. The van der Waals surface area contributed by atoms with E-state index in [2.05, 4.69) is 25.2 Å². The fourth-order valence-electron chi connectivity index (χ4n) is 4.22. The van der Waals surface area contributed by atoms with Crippen molar-refractivity contribution >= 4 is 17.6 Å². The monoisotopic (exact) mass is 506 g/mol. The molecule has 0 fully saturated rings. The quantitative estimate of drug-likeness (QED) is 0.283. The Morgan fingerprint density at radius 2 is 1.81 bits per heavy atom. The van der Waals surface area contributed by atoms with E-state index in [1.54, 1.807) is 21.1 Å². The minimum Gasteiger partial charge on any atom is -0.497 e. The molecule has 1 atom stereocenters. The van der Waals surface area contributed by atoms with Crippen molar-refractivity contribution in [2.75, 3.05) is 32.6 Å². The Balaban J connectivity index is 1.74. The van der Waals surface area contributed by atoms with Crippen molar-refractivity contribution in [3.63, 3.8) is 0 Å². The SMILES string of the molecule is CCOC(=O)CCN(C)C(=O)c1ccc(NC(CC(C)C)c2cc(-c3cccc(OC)c3)oc2C)cc1. The maximum Gasteiger partial charge on any atom is 0.307 e. The van der Waals surface area contributed by atoms with Gasteiger partial charge < -0.3 is 24.1 Å². The van der Waals surface area contributed by atoms with Crippen LogP contribution in [0, 0.1) is 12.8 Å². The van der Waals surface area contributed by atoms with Crippen LogP contribution in [0.25, 0.3) is 11.3 Å². The number of nitrogens with one attached hydrogen (secondary N) is 1. The van der Waals surface area contributed by atoms with Crippen LogP contribution in [0.4, 0.5) is 5.69 Å². The summed E-state index contributed by atoms with van der Waals surface area (Å²) in [5.74, 6) is 2.47. The van der Waals surface area contributed by atoms with Gasteiger partial charge in [-0.1, -0.05) is 26.0 Å². The van der Waals surface area contributed by atoms with Crippen molar-refractivity contribution in [3.8, 4) is 17.1 Å². The summed E-state index contributed by atoms with van der Waals surface area (Å²) >= 11 is 0. The number of aryl methyl sites for hydroxylation is 1. The molecule has 0 spiro atoms. The number of rotatable bonds is 12. The van der Waals surface area contributed by atoms with Gasteiger partial charge in [0.25, 0.3) is 5.91 Å². The van der Waals surface area contributed by atoms with Crippen molar-refractivity contribution < 1.29 is 23.5 Å². The number of esters is 1. The average molecular weight is 507 g/mol. The van der Waals surface area contributed by atoms with Crippen LogP contribution in [0.5, 0.6) is 5.75 Å². The van der Waals surface area contributed by atoms with Crippen molar-refractivity contribution in [3.05, 3.63) is 71.5 Å². The Morgan fingerprint density at radius 1 is 1.08 bits per heavy atom. The van der Waals surface area contributed by atoms with Gasteiger partial charge in [-0.2, -0.15) is 0 Å². The molecular formula is C30H38N2O5. The Morgan fingerprint density at radius 3 is 2.46 bits per heavy atom. The lowest BCUT2D eigenvalue weighted by Gasteiger charge is -2.22. The van der Waals surface area contributed by atoms with Gasteiger partial charge in [-0.05, 0) is 68.7 Å². The normalized spacial score (nSPS) is 11.8. The molecule has 2 aromatic carbocycles. The fourth-order valence-corrected chi connectivity index (χ4v) is 4.22. The standard InChI is InChI=1S/C30H38N2O5/c1-7-36-29(33)15-16-32(5)30(34)22-11-13-24(14-12-22)31-27(17-20(2)3)26-19-28(37-21(26)4)23-9-8-10-25(18-23)35-6/h8-14,18-20,27,31H,7,15-17H2,1-6H3. The number of amides is 1. The zero-order chi connectivity index (χ0) is 26.9. The second-order valence-corrected chi connectivity index (χ2v) is 9.54. The second-order valence-electron chi connectivity index (χ2n) is 9.54. The molecule has 0 bridgehead atoms. The van der Waals surface area contributed by atoms with E-state index in [0.29, 0.717) is 24.6 Å². The number of furan rings is 1. The smallest absolute Gasteiger partial charge is 0.307 e. The Kier molecular flexibility index (Phi) is 9.78. The fraction of sp³-hybridized carbons (Fsp3) is 0.400. The summed E-state index contributed by atoms with van der Waals surface area (Å²) in [5, 5.41) is 3.63. The van der Waals surface area contributed by atoms with E-state index >= 15 is 0 Å². The zero-order valence-electron chi connectivity index (χ0n) is 22.7. The van der Waals surface area contributed by atoms with Crippen molar-refractivity contribution in [2.45, 2.75) is 46.6 Å². The molecule has 1 heterocycles. The highest BCUT2D eigenvalue weighted by molar-refractivity contribution is 5.94. The van der Waals surface area contributed by atoms with Gasteiger partial charge in [0.1, 0.15) is 17.3 Å². The van der Waals surface area contributed by atoms with Gasteiger partial charge in [0.2, 0.25) is 0 Å². The second kappa shape index (κ2) is 13.0. The third-order valence-electron chi connectivity index (χ3n) is 6.17. The molecule has 198 valence electrons. The van der Waals surface area contributed by atoms with Gasteiger partial charge in [0.05, 0.1) is 26.2 Å². The van der Waals surface area contributed by atoms with Crippen LogP contribution < -0.4 is 10.1 Å². The van der Waals surface area contributed by atoms with Crippen molar-refractivity contribution in [1.29, 1.82) is 0 Å². The van der Waals surface area contributed by atoms with Crippen LogP contribution in [-0.4, -0.2) is 44.1 Å². The summed E-state index contributed by atoms with van der Waals surface area (Å²) in [5.41, 5.74) is 3.55. The first-order chi connectivity index (χ1) is 17.7. The van der Waals surface area contributed by atoms with Gasteiger partial charge in [0, 0.05) is 36.0 Å². The van der Waals surface area contributed by atoms with E-state index in [0.717, 1.165) is 40.5 Å². The molecule has 0 saturated heterocycles. The summed E-state index contributed by atoms with van der Waals surface area (Å²) in [4.78, 5) is 25.9. The zero-order valence-corrected chi connectivity index (χ0v) is 22.7. The topological polar surface area (TPSA) is 81.0 Å². The van der Waals surface area contributed by atoms with Gasteiger partial charge in [-0.3, -0.25) is 9.59 Å². The van der Waals surface area contributed by atoms with Crippen LogP contribution >= 0.6 is 0 Å².